The standard InChI is InChI=1S/C13H21N3O/c1-5-14-12-9(3)10(4)15-13(16-12)11-7-6-8(2)17-11/h8,11H,5-7H2,1-4H3,(H,14,15,16). The fourth-order valence-corrected chi connectivity index (χ4v) is 2.13. The van der Waals surface area contributed by atoms with Gasteiger partial charge >= 0.3 is 0 Å². The zero-order valence-electron chi connectivity index (χ0n) is 11.1. The topological polar surface area (TPSA) is 47.0 Å². The monoisotopic (exact) mass is 235 g/mol. The zero-order chi connectivity index (χ0) is 12.4. The Bertz CT molecular complexity index is 406. The van der Waals surface area contributed by atoms with Crippen LogP contribution in [0.3, 0.4) is 0 Å². The molecule has 1 aliphatic heterocycles. The van der Waals surface area contributed by atoms with E-state index < -0.39 is 0 Å². The number of hydrogen-bond donors (Lipinski definition) is 1. The summed E-state index contributed by atoms with van der Waals surface area (Å²) in [5, 5.41) is 3.29. The Morgan fingerprint density at radius 1 is 1.29 bits per heavy atom. The number of aryl methyl sites for hydroxylation is 1. The van der Waals surface area contributed by atoms with E-state index in [0.29, 0.717) is 6.10 Å². The van der Waals surface area contributed by atoms with Crippen LogP contribution in [0, 0.1) is 13.8 Å². The maximum absolute atomic E-state index is 5.82. The first-order chi connectivity index (χ1) is 8.11. The highest BCUT2D eigenvalue weighted by Gasteiger charge is 2.26. The second-order valence-corrected chi connectivity index (χ2v) is 4.68. The van der Waals surface area contributed by atoms with Crippen LogP contribution in [-0.2, 0) is 4.74 Å². The van der Waals surface area contributed by atoms with E-state index in [9.17, 15) is 0 Å². The third-order valence-corrected chi connectivity index (χ3v) is 3.27. The van der Waals surface area contributed by atoms with Gasteiger partial charge in [-0.25, -0.2) is 9.97 Å². The summed E-state index contributed by atoms with van der Waals surface area (Å²) in [6.07, 6.45) is 2.52. The molecule has 4 heteroatoms. The maximum Gasteiger partial charge on any atom is 0.159 e. The van der Waals surface area contributed by atoms with Crippen LogP contribution >= 0.6 is 0 Å². The molecule has 0 amide bonds. The van der Waals surface area contributed by atoms with Gasteiger partial charge in [-0.15, -0.1) is 0 Å². The largest absolute Gasteiger partial charge is 0.370 e. The van der Waals surface area contributed by atoms with Crippen molar-refractivity contribution in [3.8, 4) is 0 Å². The van der Waals surface area contributed by atoms with E-state index in [1.165, 1.54) is 0 Å². The van der Waals surface area contributed by atoms with Crippen LogP contribution < -0.4 is 5.32 Å². The first-order valence-electron chi connectivity index (χ1n) is 6.36. The minimum absolute atomic E-state index is 0.0710. The molecule has 0 bridgehead atoms. The van der Waals surface area contributed by atoms with Crippen LogP contribution in [0.5, 0.6) is 0 Å². The Kier molecular flexibility index (Phi) is 3.62. The molecule has 1 aromatic heterocycles. The van der Waals surface area contributed by atoms with E-state index >= 15 is 0 Å². The molecule has 17 heavy (non-hydrogen) atoms. The Balaban J connectivity index is 2.28. The molecule has 1 N–H and O–H groups in total. The molecule has 1 fully saturated rings. The molecule has 1 aliphatic rings. The molecule has 2 atom stereocenters. The van der Waals surface area contributed by atoms with Gasteiger partial charge < -0.3 is 10.1 Å². The lowest BCUT2D eigenvalue weighted by Gasteiger charge is -2.14. The van der Waals surface area contributed by atoms with Gasteiger partial charge in [0.1, 0.15) is 11.9 Å². The maximum atomic E-state index is 5.82. The van der Waals surface area contributed by atoms with Crippen LogP contribution in [0.2, 0.25) is 0 Å². The van der Waals surface area contributed by atoms with Gasteiger partial charge in [0, 0.05) is 17.8 Å². The molecule has 0 radical (unpaired) electrons. The van der Waals surface area contributed by atoms with Gasteiger partial charge in [0.15, 0.2) is 5.82 Å². The summed E-state index contributed by atoms with van der Waals surface area (Å²) in [7, 11) is 0. The molecule has 1 saturated heterocycles. The molecule has 2 heterocycles. The lowest BCUT2D eigenvalue weighted by Crippen LogP contribution is -2.11. The van der Waals surface area contributed by atoms with E-state index in [0.717, 1.165) is 42.3 Å². The second-order valence-electron chi connectivity index (χ2n) is 4.68. The molecular formula is C13H21N3O. The number of nitrogens with one attached hydrogen (secondary N) is 1. The summed E-state index contributed by atoms with van der Waals surface area (Å²) in [5.41, 5.74) is 2.16. The molecular weight excluding hydrogens is 214 g/mol. The lowest BCUT2D eigenvalue weighted by atomic mass is 10.2. The third kappa shape index (κ3) is 2.57. The molecule has 1 aromatic rings. The molecule has 4 nitrogen and oxygen atoms in total. The highest BCUT2D eigenvalue weighted by Crippen LogP contribution is 2.31. The van der Waals surface area contributed by atoms with Crippen molar-refractivity contribution in [1.82, 2.24) is 9.97 Å². The summed E-state index contributed by atoms with van der Waals surface area (Å²) < 4.78 is 5.82. The van der Waals surface area contributed by atoms with Crippen molar-refractivity contribution in [2.75, 3.05) is 11.9 Å². The third-order valence-electron chi connectivity index (χ3n) is 3.27. The minimum atomic E-state index is 0.0710. The number of ether oxygens (including phenoxy) is 1. The fourth-order valence-electron chi connectivity index (χ4n) is 2.13. The van der Waals surface area contributed by atoms with Crippen molar-refractivity contribution in [1.29, 1.82) is 0 Å². The van der Waals surface area contributed by atoms with Crippen LogP contribution in [0.25, 0.3) is 0 Å². The zero-order valence-corrected chi connectivity index (χ0v) is 11.1. The average molecular weight is 235 g/mol. The number of anilines is 1. The van der Waals surface area contributed by atoms with Crippen molar-refractivity contribution in [2.24, 2.45) is 0 Å². The molecule has 2 rings (SSSR count). The van der Waals surface area contributed by atoms with Crippen molar-refractivity contribution in [3.05, 3.63) is 17.1 Å². The van der Waals surface area contributed by atoms with Crippen molar-refractivity contribution in [2.45, 2.75) is 52.7 Å². The molecule has 0 spiro atoms. The van der Waals surface area contributed by atoms with Crippen LogP contribution in [0.4, 0.5) is 5.82 Å². The molecule has 94 valence electrons. The highest BCUT2D eigenvalue weighted by molar-refractivity contribution is 5.45. The van der Waals surface area contributed by atoms with E-state index in [1.807, 2.05) is 6.92 Å². The molecule has 2 unspecified atom stereocenters. The van der Waals surface area contributed by atoms with Crippen molar-refractivity contribution >= 4 is 5.82 Å². The number of aromatic nitrogens is 2. The molecule has 0 saturated carbocycles. The molecule has 0 aromatic carbocycles. The summed E-state index contributed by atoms with van der Waals surface area (Å²) in [6, 6.07) is 0. The van der Waals surface area contributed by atoms with Crippen molar-refractivity contribution < 1.29 is 4.74 Å². The normalized spacial score (nSPS) is 24.0. The first kappa shape index (κ1) is 12.3. The number of nitrogens with zero attached hydrogens (tertiary/aromatic N) is 2. The van der Waals surface area contributed by atoms with Gasteiger partial charge in [0.2, 0.25) is 0 Å². The Morgan fingerprint density at radius 2 is 2.06 bits per heavy atom. The second kappa shape index (κ2) is 5.00. The summed E-state index contributed by atoms with van der Waals surface area (Å²) in [4.78, 5) is 9.15. The van der Waals surface area contributed by atoms with E-state index in [4.69, 9.17) is 4.74 Å². The Hall–Kier alpha value is -1.16. The van der Waals surface area contributed by atoms with E-state index in [-0.39, 0.29) is 6.10 Å². The first-order valence-corrected chi connectivity index (χ1v) is 6.36. The average Bonchev–Trinajstić information content (AvgIpc) is 2.71. The summed E-state index contributed by atoms with van der Waals surface area (Å²) in [6.45, 7) is 9.13. The van der Waals surface area contributed by atoms with Crippen LogP contribution in [0.15, 0.2) is 0 Å². The van der Waals surface area contributed by atoms with E-state index in [1.54, 1.807) is 0 Å². The quantitative estimate of drug-likeness (QED) is 0.875. The minimum Gasteiger partial charge on any atom is -0.370 e. The van der Waals surface area contributed by atoms with Crippen LogP contribution in [0.1, 0.15) is 49.9 Å². The predicted octanol–water partition coefficient (Wildman–Crippen LogP) is 2.77. The fraction of sp³-hybridized carbons (Fsp3) is 0.692. The van der Waals surface area contributed by atoms with Gasteiger partial charge in [-0.1, -0.05) is 0 Å². The predicted molar refractivity (Wildman–Crippen MR) is 68.2 cm³/mol. The summed E-state index contributed by atoms with van der Waals surface area (Å²) in [5.74, 6) is 1.77. The van der Waals surface area contributed by atoms with Gasteiger partial charge in [-0.05, 0) is 40.5 Å². The van der Waals surface area contributed by atoms with Gasteiger partial charge in [-0.3, -0.25) is 0 Å². The van der Waals surface area contributed by atoms with Gasteiger partial charge in [0.25, 0.3) is 0 Å². The smallest absolute Gasteiger partial charge is 0.159 e. The Morgan fingerprint density at radius 3 is 2.65 bits per heavy atom. The van der Waals surface area contributed by atoms with Crippen molar-refractivity contribution in [3.63, 3.8) is 0 Å². The number of hydrogen-bond acceptors (Lipinski definition) is 4. The van der Waals surface area contributed by atoms with E-state index in [2.05, 4.69) is 36.1 Å². The van der Waals surface area contributed by atoms with Gasteiger partial charge in [0.05, 0.1) is 6.10 Å². The number of rotatable bonds is 3. The SMILES string of the molecule is CCNc1nc(C2CCC(C)O2)nc(C)c1C. The van der Waals surface area contributed by atoms with Gasteiger partial charge in [-0.2, -0.15) is 0 Å². The Labute approximate surface area is 103 Å². The molecule has 0 aliphatic carbocycles. The highest BCUT2D eigenvalue weighted by atomic mass is 16.5. The lowest BCUT2D eigenvalue weighted by molar-refractivity contribution is 0.0502. The van der Waals surface area contributed by atoms with Crippen LogP contribution in [-0.4, -0.2) is 22.6 Å². The summed E-state index contributed by atoms with van der Waals surface area (Å²) >= 11 is 0.